The summed E-state index contributed by atoms with van der Waals surface area (Å²) < 4.78 is 30.1. The van der Waals surface area contributed by atoms with Crippen LogP contribution < -0.4 is 0 Å². The highest BCUT2D eigenvalue weighted by Crippen LogP contribution is 2.11. The zero-order valence-electron chi connectivity index (χ0n) is 10.5. The molecule has 0 saturated carbocycles. The van der Waals surface area contributed by atoms with Gasteiger partial charge >= 0.3 is 5.97 Å². The summed E-state index contributed by atoms with van der Waals surface area (Å²) in [4.78, 5) is 10.4. The van der Waals surface area contributed by atoms with E-state index in [0.29, 0.717) is 13.0 Å². The molecule has 0 aliphatic rings. The van der Waals surface area contributed by atoms with E-state index in [4.69, 9.17) is 9.84 Å². The molecule has 0 spiro atoms. The number of hydrogen-bond acceptors (Lipinski definition) is 4. The summed E-state index contributed by atoms with van der Waals surface area (Å²) in [6.45, 7) is 4.25. The van der Waals surface area contributed by atoms with Gasteiger partial charge in [0.15, 0.2) is 0 Å². The lowest BCUT2D eigenvalue weighted by atomic mass is 10.3. The van der Waals surface area contributed by atoms with Crippen molar-refractivity contribution in [1.29, 1.82) is 0 Å². The van der Waals surface area contributed by atoms with Crippen LogP contribution in [0.4, 0.5) is 0 Å². The molecule has 0 aromatic rings. The molecule has 0 saturated heterocycles. The minimum Gasteiger partial charge on any atom is -0.481 e. The van der Waals surface area contributed by atoms with Crippen LogP contribution in [0.1, 0.15) is 26.7 Å². The van der Waals surface area contributed by atoms with E-state index >= 15 is 0 Å². The van der Waals surface area contributed by atoms with Crippen LogP contribution in [0.25, 0.3) is 0 Å². The van der Waals surface area contributed by atoms with Gasteiger partial charge in [-0.05, 0) is 13.3 Å². The first kappa shape index (κ1) is 16.3. The molecule has 1 unspecified atom stereocenters. The molecule has 6 nitrogen and oxygen atoms in total. The molecule has 0 amide bonds. The summed E-state index contributed by atoms with van der Waals surface area (Å²) in [7, 11) is -2.03. The van der Waals surface area contributed by atoms with Crippen molar-refractivity contribution >= 4 is 16.0 Å². The second kappa shape index (κ2) is 7.62. The fourth-order valence-corrected chi connectivity index (χ4v) is 3.07. The van der Waals surface area contributed by atoms with Crippen LogP contribution in [0, 0.1) is 0 Å². The molecule has 1 N–H and O–H groups in total. The molecule has 0 aromatic carbocycles. The molecular weight excluding hydrogens is 246 g/mol. The molecule has 0 rings (SSSR count). The third-order valence-electron chi connectivity index (χ3n) is 2.53. The lowest BCUT2D eigenvalue weighted by molar-refractivity contribution is -0.136. The Morgan fingerprint density at radius 3 is 2.47 bits per heavy atom. The van der Waals surface area contributed by atoms with Gasteiger partial charge in [-0.2, -0.15) is 4.31 Å². The highest BCUT2D eigenvalue weighted by atomic mass is 32.2. The number of rotatable bonds is 9. The third-order valence-corrected chi connectivity index (χ3v) is 4.51. The smallest absolute Gasteiger partial charge is 0.304 e. The molecule has 0 bridgehead atoms. The van der Waals surface area contributed by atoms with Crippen LogP contribution in [0.2, 0.25) is 0 Å². The topological polar surface area (TPSA) is 83.9 Å². The number of carbonyl (C=O) groups is 1. The van der Waals surface area contributed by atoms with Gasteiger partial charge in [0, 0.05) is 19.7 Å². The molecule has 7 heteroatoms. The Hall–Kier alpha value is -0.660. The quantitative estimate of drug-likeness (QED) is 0.659. The summed E-state index contributed by atoms with van der Waals surface area (Å²) in [6.07, 6.45) is 0.304. The van der Waals surface area contributed by atoms with Crippen molar-refractivity contribution < 1.29 is 23.1 Å². The number of ether oxygens (including phenoxy) is 1. The van der Waals surface area contributed by atoms with Crippen LogP contribution in [-0.2, 0) is 19.6 Å². The van der Waals surface area contributed by atoms with Gasteiger partial charge in [0.05, 0.1) is 18.8 Å². The first-order valence-electron chi connectivity index (χ1n) is 5.55. The fraction of sp³-hybridized carbons (Fsp3) is 0.900. The van der Waals surface area contributed by atoms with Crippen molar-refractivity contribution in [3.05, 3.63) is 0 Å². The Morgan fingerprint density at radius 2 is 2.06 bits per heavy atom. The van der Waals surface area contributed by atoms with Crippen molar-refractivity contribution in [2.75, 3.05) is 26.0 Å². The van der Waals surface area contributed by atoms with E-state index in [1.54, 1.807) is 6.92 Å². The van der Waals surface area contributed by atoms with Crippen LogP contribution in [-0.4, -0.2) is 55.9 Å². The van der Waals surface area contributed by atoms with Gasteiger partial charge < -0.3 is 9.84 Å². The fourth-order valence-electron chi connectivity index (χ4n) is 1.35. The van der Waals surface area contributed by atoms with Crippen LogP contribution in [0.3, 0.4) is 0 Å². The molecular formula is C10H21NO5S. The molecule has 0 aromatic heterocycles. The van der Waals surface area contributed by atoms with Gasteiger partial charge in [0.1, 0.15) is 0 Å². The number of sulfonamides is 1. The number of nitrogens with zero attached hydrogens (tertiary/aromatic N) is 1. The minimum atomic E-state index is -3.53. The molecule has 17 heavy (non-hydrogen) atoms. The predicted molar refractivity (Wildman–Crippen MR) is 64.4 cm³/mol. The van der Waals surface area contributed by atoms with E-state index in [2.05, 4.69) is 0 Å². The second-order valence-electron chi connectivity index (χ2n) is 3.82. The average Bonchev–Trinajstić information content (AvgIpc) is 2.26. The SMILES string of the molecule is CCC(C)N(CCOC)S(=O)(=O)CCC(=O)O. The lowest BCUT2D eigenvalue weighted by Crippen LogP contribution is -2.42. The maximum Gasteiger partial charge on any atom is 0.304 e. The summed E-state index contributed by atoms with van der Waals surface area (Å²) >= 11 is 0. The van der Waals surface area contributed by atoms with E-state index in [9.17, 15) is 13.2 Å². The Kier molecular flexibility index (Phi) is 7.33. The van der Waals surface area contributed by atoms with E-state index in [1.165, 1.54) is 11.4 Å². The maximum atomic E-state index is 11.9. The molecule has 102 valence electrons. The van der Waals surface area contributed by atoms with Crippen LogP contribution in [0.5, 0.6) is 0 Å². The summed E-state index contributed by atoms with van der Waals surface area (Å²) in [5, 5.41) is 8.52. The van der Waals surface area contributed by atoms with Crippen molar-refractivity contribution in [3.8, 4) is 0 Å². The highest BCUT2D eigenvalue weighted by Gasteiger charge is 2.26. The Morgan fingerprint density at radius 1 is 1.47 bits per heavy atom. The number of methoxy groups -OCH3 is 1. The van der Waals surface area contributed by atoms with Gasteiger partial charge in [0.25, 0.3) is 0 Å². The van der Waals surface area contributed by atoms with Gasteiger partial charge in [0.2, 0.25) is 10.0 Å². The Bertz CT molecular complexity index is 328. The van der Waals surface area contributed by atoms with Crippen molar-refractivity contribution in [2.24, 2.45) is 0 Å². The van der Waals surface area contributed by atoms with Gasteiger partial charge in [-0.1, -0.05) is 6.92 Å². The van der Waals surface area contributed by atoms with Gasteiger partial charge in [-0.25, -0.2) is 8.42 Å². The van der Waals surface area contributed by atoms with E-state index < -0.39 is 16.0 Å². The monoisotopic (exact) mass is 267 g/mol. The van der Waals surface area contributed by atoms with Crippen molar-refractivity contribution in [3.63, 3.8) is 0 Å². The zero-order chi connectivity index (χ0) is 13.5. The molecule has 0 radical (unpaired) electrons. The first-order valence-corrected chi connectivity index (χ1v) is 7.16. The number of carboxylic acid groups (broad SMARTS) is 1. The van der Waals surface area contributed by atoms with E-state index in [1.807, 2.05) is 6.92 Å². The number of hydrogen-bond donors (Lipinski definition) is 1. The highest BCUT2D eigenvalue weighted by molar-refractivity contribution is 7.89. The molecule has 0 heterocycles. The summed E-state index contributed by atoms with van der Waals surface area (Å²) in [6, 6.07) is -0.149. The summed E-state index contributed by atoms with van der Waals surface area (Å²) in [5.41, 5.74) is 0. The largest absolute Gasteiger partial charge is 0.481 e. The van der Waals surface area contributed by atoms with E-state index in [0.717, 1.165) is 0 Å². The van der Waals surface area contributed by atoms with E-state index in [-0.39, 0.29) is 24.8 Å². The maximum absolute atomic E-state index is 11.9. The normalized spacial score (nSPS) is 13.9. The minimum absolute atomic E-state index is 0.149. The van der Waals surface area contributed by atoms with Gasteiger partial charge in [-0.15, -0.1) is 0 Å². The van der Waals surface area contributed by atoms with Crippen LogP contribution >= 0.6 is 0 Å². The number of carboxylic acids is 1. The number of aliphatic carboxylic acids is 1. The molecule has 1 atom stereocenters. The lowest BCUT2D eigenvalue weighted by Gasteiger charge is -2.27. The second-order valence-corrected chi connectivity index (χ2v) is 5.86. The first-order chi connectivity index (χ1) is 7.85. The zero-order valence-corrected chi connectivity index (χ0v) is 11.4. The predicted octanol–water partition coefficient (Wildman–Crippen LogP) is 0.538. The van der Waals surface area contributed by atoms with Crippen molar-refractivity contribution in [1.82, 2.24) is 4.31 Å². The molecule has 0 aliphatic heterocycles. The van der Waals surface area contributed by atoms with Crippen molar-refractivity contribution in [2.45, 2.75) is 32.7 Å². The van der Waals surface area contributed by atoms with Gasteiger partial charge in [-0.3, -0.25) is 4.79 Å². The molecule has 0 aliphatic carbocycles. The third kappa shape index (κ3) is 5.99. The van der Waals surface area contributed by atoms with Crippen LogP contribution in [0.15, 0.2) is 0 Å². The standard InChI is InChI=1S/C10H21NO5S/c1-4-9(2)11(6-7-16-3)17(14,15)8-5-10(12)13/h9H,4-8H2,1-3H3,(H,12,13). The Labute approximate surface area is 103 Å². The molecule has 0 fully saturated rings. The Balaban J connectivity index is 4.69. The summed E-state index contributed by atoms with van der Waals surface area (Å²) in [5.74, 6) is -1.47. The average molecular weight is 267 g/mol.